The van der Waals surface area contributed by atoms with Gasteiger partial charge < -0.3 is 10.8 Å². The number of aryl methyl sites for hydroxylation is 1. The van der Waals surface area contributed by atoms with Gasteiger partial charge in [-0.3, -0.25) is 9.78 Å². The second kappa shape index (κ2) is 4.00. The van der Waals surface area contributed by atoms with Crippen LogP contribution in [0.15, 0.2) is 18.2 Å². The summed E-state index contributed by atoms with van der Waals surface area (Å²) < 4.78 is 0. The molecule has 0 aliphatic heterocycles. The van der Waals surface area contributed by atoms with E-state index in [1.54, 1.807) is 6.07 Å². The lowest BCUT2D eigenvalue weighted by atomic mass is 10.1. The van der Waals surface area contributed by atoms with Crippen molar-refractivity contribution in [1.29, 1.82) is 0 Å². The summed E-state index contributed by atoms with van der Waals surface area (Å²) in [4.78, 5) is 14.6. The quantitative estimate of drug-likeness (QED) is 0.703. The molecule has 0 aliphatic rings. The van der Waals surface area contributed by atoms with E-state index in [0.29, 0.717) is 0 Å². The second-order valence-electron chi connectivity index (χ2n) is 2.92. The molecule has 0 spiro atoms. The number of carboxylic acid groups (broad SMARTS) is 1. The van der Waals surface area contributed by atoms with Crippen molar-refractivity contribution in [1.82, 2.24) is 4.98 Å². The lowest BCUT2D eigenvalue weighted by molar-refractivity contribution is -0.138. The van der Waals surface area contributed by atoms with E-state index in [9.17, 15) is 4.79 Å². The molecule has 3 N–H and O–H groups in total. The number of hydrogen-bond acceptors (Lipinski definition) is 3. The van der Waals surface area contributed by atoms with Crippen molar-refractivity contribution < 1.29 is 9.90 Å². The maximum atomic E-state index is 10.4. The highest BCUT2D eigenvalue weighted by Gasteiger charge is 2.12. The van der Waals surface area contributed by atoms with Crippen LogP contribution in [0.25, 0.3) is 0 Å². The average molecular weight is 180 g/mol. The van der Waals surface area contributed by atoms with Gasteiger partial charge in [-0.2, -0.15) is 0 Å². The van der Waals surface area contributed by atoms with E-state index >= 15 is 0 Å². The molecule has 0 saturated carbocycles. The molecule has 0 saturated heterocycles. The van der Waals surface area contributed by atoms with Crippen molar-refractivity contribution in [3.8, 4) is 0 Å². The maximum Gasteiger partial charge on any atom is 0.320 e. The zero-order valence-electron chi connectivity index (χ0n) is 7.40. The fourth-order valence-corrected chi connectivity index (χ4v) is 1.03. The summed E-state index contributed by atoms with van der Waals surface area (Å²) in [5.74, 6) is -0.997. The molecule has 70 valence electrons. The van der Waals surface area contributed by atoms with Crippen molar-refractivity contribution in [3.05, 3.63) is 29.6 Å². The van der Waals surface area contributed by atoms with Crippen LogP contribution in [0.3, 0.4) is 0 Å². The molecule has 0 bridgehead atoms. The Bertz CT molecular complexity index is 312. The Hall–Kier alpha value is -1.42. The zero-order chi connectivity index (χ0) is 9.84. The number of nitrogens with two attached hydrogens (primary N) is 1. The first kappa shape index (κ1) is 9.67. The van der Waals surface area contributed by atoms with Crippen LogP contribution in [0.4, 0.5) is 0 Å². The molecule has 13 heavy (non-hydrogen) atoms. The standard InChI is InChI=1S/C9H12N2O2/c1-6-3-2-4-7(11-6)5-8(10)9(12)13/h2-4,8H,5,10H2,1H3,(H,12,13). The molecule has 0 radical (unpaired) electrons. The Morgan fingerprint density at radius 2 is 2.38 bits per heavy atom. The van der Waals surface area contributed by atoms with Crippen LogP contribution >= 0.6 is 0 Å². The molecule has 1 rings (SSSR count). The van der Waals surface area contributed by atoms with Gasteiger partial charge in [-0.25, -0.2) is 0 Å². The zero-order valence-corrected chi connectivity index (χ0v) is 7.40. The lowest BCUT2D eigenvalue weighted by Gasteiger charge is -2.05. The summed E-state index contributed by atoms with van der Waals surface area (Å²) >= 11 is 0. The van der Waals surface area contributed by atoms with Gasteiger partial charge >= 0.3 is 5.97 Å². The highest BCUT2D eigenvalue weighted by Crippen LogP contribution is 2.00. The largest absolute Gasteiger partial charge is 0.480 e. The SMILES string of the molecule is Cc1cccc(CC(N)C(=O)O)n1. The van der Waals surface area contributed by atoms with Crippen molar-refractivity contribution in [2.45, 2.75) is 19.4 Å². The molecular formula is C9H12N2O2. The smallest absolute Gasteiger partial charge is 0.320 e. The molecule has 1 aromatic rings. The Morgan fingerprint density at radius 3 is 2.92 bits per heavy atom. The molecule has 0 aliphatic carbocycles. The predicted molar refractivity (Wildman–Crippen MR) is 48.3 cm³/mol. The number of carboxylic acids is 1. The van der Waals surface area contributed by atoms with Crippen LogP contribution in [0, 0.1) is 6.92 Å². The summed E-state index contributed by atoms with van der Waals surface area (Å²) in [6, 6.07) is 4.60. The average Bonchev–Trinajstić information content (AvgIpc) is 2.04. The number of aromatic nitrogens is 1. The van der Waals surface area contributed by atoms with Crippen LogP contribution in [-0.2, 0) is 11.2 Å². The van der Waals surface area contributed by atoms with Gasteiger partial charge in [0.2, 0.25) is 0 Å². The Morgan fingerprint density at radius 1 is 1.69 bits per heavy atom. The normalized spacial score (nSPS) is 12.5. The first-order chi connectivity index (χ1) is 6.09. The Kier molecular flexibility index (Phi) is 2.97. The number of pyridine rings is 1. The number of nitrogens with zero attached hydrogens (tertiary/aromatic N) is 1. The second-order valence-corrected chi connectivity index (χ2v) is 2.92. The lowest BCUT2D eigenvalue weighted by Crippen LogP contribution is -2.32. The molecule has 0 aromatic carbocycles. The van der Waals surface area contributed by atoms with E-state index in [-0.39, 0.29) is 6.42 Å². The van der Waals surface area contributed by atoms with Crippen molar-refractivity contribution in [2.75, 3.05) is 0 Å². The molecule has 1 heterocycles. The topological polar surface area (TPSA) is 76.2 Å². The van der Waals surface area contributed by atoms with Gasteiger partial charge in [0.1, 0.15) is 6.04 Å². The van der Waals surface area contributed by atoms with Crippen LogP contribution in [-0.4, -0.2) is 22.1 Å². The van der Waals surface area contributed by atoms with Gasteiger partial charge in [0.05, 0.1) is 0 Å². The Labute approximate surface area is 76.4 Å². The molecule has 0 amide bonds. The van der Waals surface area contributed by atoms with Crippen LogP contribution < -0.4 is 5.73 Å². The summed E-state index contributed by atoms with van der Waals surface area (Å²) in [6.45, 7) is 1.86. The minimum Gasteiger partial charge on any atom is -0.480 e. The van der Waals surface area contributed by atoms with E-state index in [2.05, 4.69) is 4.98 Å². The van der Waals surface area contributed by atoms with Crippen molar-refractivity contribution >= 4 is 5.97 Å². The van der Waals surface area contributed by atoms with E-state index in [1.165, 1.54) is 0 Å². The minimum absolute atomic E-state index is 0.275. The van der Waals surface area contributed by atoms with Crippen molar-refractivity contribution in [2.24, 2.45) is 5.73 Å². The Balaban J connectivity index is 2.69. The van der Waals surface area contributed by atoms with Crippen LogP contribution in [0.5, 0.6) is 0 Å². The van der Waals surface area contributed by atoms with Gasteiger partial charge in [0, 0.05) is 17.8 Å². The van der Waals surface area contributed by atoms with E-state index in [0.717, 1.165) is 11.4 Å². The summed E-state index contributed by atoms with van der Waals surface area (Å²) in [6.07, 6.45) is 0.275. The van der Waals surface area contributed by atoms with Crippen LogP contribution in [0.1, 0.15) is 11.4 Å². The van der Waals surface area contributed by atoms with Crippen LogP contribution in [0.2, 0.25) is 0 Å². The number of carbonyl (C=O) groups is 1. The highest BCUT2D eigenvalue weighted by atomic mass is 16.4. The fourth-order valence-electron chi connectivity index (χ4n) is 1.03. The summed E-state index contributed by atoms with van der Waals surface area (Å²) in [5.41, 5.74) is 6.95. The van der Waals surface area contributed by atoms with Gasteiger partial charge in [-0.1, -0.05) is 6.07 Å². The van der Waals surface area contributed by atoms with Gasteiger partial charge in [0.25, 0.3) is 0 Å². The highest BCUT2D eigenvalue weighted by molar-refractivity contribution is 5.73. The summed E-state index contributed by atoms with van der Waals surface area (Å²) in [7, 11) is 0. The summed E-state index contributed by atoms with van der Waals surface area (Å²) in [5, 5.41) is 8.56. The fraction of sp³-hybridized carbons (Fsp3) is 0.333. The molecular weight excluding hydrogens is 168 g/mol. The molecule has 1 aromatic heterocycles. The maximum absolute atomic E-state index is 10.4. The number of hydrogen-bond donors (Lipinski definition) is 2. The first-order valence-corrected chi connectivity index (χ1v) is 4.00. The third-order valence-electron chi connectivity index (χ3n) is 1.69. The third kappa shape index (κ3) is 2.83. The number of aliphatic carboxylic acids is 1. The van der Waals surface area contributed by atoms with E-state index < -0.39 is 12.0 Å². The molecule has 1 unspecified atom stereocenters. The van der Waals surface area contributed by atoms with Gasteiger partial charge in [-0.15, -0.1) is 0 Å². The minimum atomic E-state index is -0.997. The molecule has 1 atom stereocenters. The molecule has 0 fully saturated rings. The predicted octanol–water partition coefficient (Wildman–Crippen LogP) is 0.344. The first-order valence-electron chi connectivity index (χ1n) is 4.00. The van der Waals surface area contributed by atoms with E-state index in [4.69, 9.17) is 10.8 Å². The number of rotatable bonds is 3. The third-order valence-corrected chi connectivity index (χ3v) is 1.69. The molecule has 4 heteroatoms. The van der Waals surface area contributed by atoms with Gasteiger partial charge in [-0.05, 0) is 19.1 Å². The van der Waals surface area contributed by atoms with E-state index in [1.807, 2.05) is 19.1 Å². The molecule has 4 nitrogen and oxygen atoms in total. The van der Waals surface area contributed by atoms with Gasteiger partial charge in [0.15, 0.2) is 0 Å². The van der Waals surface area contributed by atoms with Crippen molar-refractivity contribution in [3.63, 3.8) is 0 Å². The monoisotopic (exact) mass is 180 g/mol.